The third-order valence-corrected chi connectivity index (χ3v) is 4.88. The zero-order valence-corrected chi connectivity index (χ0v) is 15.4. The Morgan fingerprint density at radius 3 is 2.54 bits per heavy atom. The summed E-state index contributed by atoms with van der Waals surface area (Å²) in [7, 11) is 1.71. The van der Waals surface area contributed by atoms with Gasteiger partial charge in [0.15, 0.2) is 0 Å². The molecule has 0 fully saturated rings. The molecule has 3 rings (SSSR count). The first-order valence-electron chi connectivity index (χ1n) is 8.97. The number of hydrogen-bond acceptors (Lipinski definition) is 2. The predicted molar refractivity (Wildman–Crippen MR) is 103 cm³/mol. The lowest BCUT2D eigenvalue weighted by molar-refractivity contribution is -0.132. The summed E-state index contributed by atoms with van der Waals surface area (Å²) in [6.07, 6.45) is 1.23. The summed E-state index contributed by atoms with van der Waals surface area (Å²) in [5.74, 6) is 0.0926. The molecule has 5 heteroatoms. The maximum atomic E-state index is 12.5. The predicted octanol–water partition coefficient (Wildman–Crippen LogP) is 3.43. The summed E-state index contributed by atoms with van der Waals surface area (Å²) in [6, 6.07) is 15.7. The van der Waals surface area contributed by atoms with E-state index in [9.17, 15) is 9.59 Å². The van der Waals surface area contributed by atoms with Crippen molar-refractivity contribution >= 4 is 17.6 Å². The number of nitrogens with one attached hydrogen (secondary N) is 1. The van der Waals surface area contributed by atoms with Crippen LogP contribution in [0.1, 0.15) is 23.1 Å². The van der Waals surface area contributed by atoms with Gasteiger partial charge in [-0.25, -0.2) is 4.79 Å². The fourth-order valence-corrected chi connectivity index (χ4v) is 3.16. The molecular formula is C21H25N3O2. The minimum absolute atomic E-state index is 0.0926. The molecular weight excluding hydrogens is 326 g/mol. The smallest absolute Gasteiger partial charge is 0.321 e. The topological polar surface area (TPSA) is 52.7 Å². The molecule has 5 nitrogen and oxygen atoms in total. The average molecular weight is 351 g/mol. The second kappa shape index (κ2) is 8.04. The third kappa shape index (κ3) is 4.23. The van der Waals surface area contributed by atoms with Gasteiger partial charge >= 0.3 is 6.03 Å². The highest BCUT2D eigenvalue weighted by atomic mass is 16.2. The molecule has 0 saturated carbocycles. The first-order chi connectivity index (χ1) is 12.5. The van der Waals surface area contributed by atoms with E-state index in [0.29, 0.717) is 19.5 Å². The maximum Gasteiger partial charge on any atom is 0.321 e. The van der Waals surface area contributed by atoms with E-state index in [0.717, 1.165) is 24.2 Å². The van der Waals surface area contributed by atoms with E-state index in [1.807, 2.05) is 48.2 Å². The van der Waals surface area contributed by atoms with Crippen LogP contribution >= 0.6 is 0 Å². The van der Waals surface area contributed by atoms with Gasteiger partial charge in [-0.15, -0.1) is 0 Å². The van der Waals surface area contributed by atoms with Crippen LogP contribution in [0.25, 0.3) is 0 Å². The Bertz CT molecular complexity index is 803. The summed E-state index contributed by atoms with van der Waals surface area (Å²) in [5, 5.41) is 2.89. The van der Waals surface area contributed by atoms with Crippen molar-refractivity contribution in [3.63, 3.8) is 0 Å². The summed E-state index contributed by atoms with van der Waals surface area (Å²) in [5.41, 5.74) is 4.35. The standard InChI is InChI=1S/C21H25N3O2/c1-16-7-3-6-10-19(16)22-21(26)23(2)13-12-20(25)24-14-11-17-8-4-5-9-18(17)15-24/h3-10H,11-15H2,1-2H3,(H,22,26). The number of rotatable bonds is 4. The Kier molecular flexibility index (Phi) is 5.56. The van der Waals surface area contributed by atoms with Crippen molar-refractivity contribution < 1.29 is 9.59 Å². The van der Waals surface area contributed by atoms with Crippen molar-refractivity contribution in [2.45, 2.75) is 26.3 Å². The van der Waals surface area contributed by atoms with Gasteiger partial charge in [0.1, 0.15) is 0 Å². The first-order valence-corrected chi connectivity index (χ1v) is 8.97. The van der Waals surface area contributed by atoms with Crippen LogP contribution in [0.3, 0.4) is 0 Å². The van der Waals surface area contributed by atoms with Gasteiger partial charge in [0, 0.05) is 38.8 Å². The molecule has 2 aromatic rings. The van der Waals surface area contributed by atoms with E-state index in [-0.39, 0.29) is 11.9 Å². The Hall–Kier alpha value is -2.82. The van der Waals surface area contributed by atoms with Gasteiger partial charge in [0.05, 0.1) is 0 Å². The van der Waals surface area contributed by atoms with Crippen LogP contribution < -0.4 is 5.32 Å². The molecule has 0 radical (unpaired) electrons. The number of anilines is 1. The van der Waals surface area contributed by atoms with Gasteiger partial charge in [0.2, 0.25) is 5.91 Å². The molecule has 0 saturated heterocycles. The van der Waals surface area contributed by atoms with Crippen molar-refractivity contribution in [3.05, 3.63) is 65.2 Å². The molecule has 136 valence electrons. The van der Waals surface area contributed by atoms with E-state index in [4.69, 9.17) is 0 Å². The number of para-hydroxylation sites is 1. The molecule has 3 amide bonds. The second-order valence-electron chi connectivity index (χ2n) is 6.75. The number of hydrogen-bond donors (Lipinski definition) is 1. The number of amides is 3. The molecule has 1 aliphatic rings. The normalized spacial score (nSPS) is 13.1. The molecule has 1 aliphatic heterocycles. The van der Waals surface area contributed by atoms with Crippen molar-refractivity contribution in [1.82, 2.24) is 9.80 Å². The number of urea groups is 1. The van der Waals surface area contributed by atoms with Gasteiger partial charge in [-0.3, -0.25) is 4.79 Å². The average Bonchev–Trinajstić information content (AvgIpc) is 2.67. The minimum atomic E-state index is -0.198. The highest BCUT2D eigenvalue weighted by molar-refractivity contribution is 5.90. The number of benzene rings is 2. The van der Waals surface area contributed by atoms with E-state index in [2.05, 4.69) is 17.4 Å². The second-order valence-corrected chi connectivity index (χ2v) is 6.75. The van der Waals surface area contributed by atoms with Crippen molar-refractivity contribution in [3.8, 4) is 0 Å². The molecule has 0 atom stereocenters. The number of carbonyl (C=O) groups is 2. The van der Waals surface area contributed by atoms with Gasteiger partial charge in [0.25, 0.3) is 0 Å². The van der Waals surface area contributed by atoms with Crippen LogP contribution in [0.4, 0.5) is 10.5 Å². The Morgan fingerprint density at radius 2 is 1.77 bits per heavy atom. The molecule has 0 spiro atoms. The maximum absolute atomic E-state index is 12.5. The van der Waals surface area contributed by atoms with Crippen LogP contribution in [-0.4, -0.2) is 41.9 Å². The van der Waals surface area contributed by atoms with Gasteiger partial charge in [-0.2, -0.15) is 0 Å². The van der Waals surface area contributed by atoms with E-state index < -0.39 is 0 Å². The Labute approximate surface area is 154 Å². The van der Waals surface area contributed by atoms with E-state index in [1.165, 1.54) is 11.1 Å². The largest absolute Gasteiger partial charge is 0.338 e. The van der Waals surface area contributed by atoms with E-state index >= 15 is 0 Å². The lowest BCUT2D eigenvalue weighted by atomic mass is 10.00. The number of nitrogens with zero attached hydrogens (tertiary/aromatic N) is 2. The van der Waals surface area contributed by atoms with Gasteiger partial charge in [-0.1, -0.05) is 42.5 Å². The Morgan fingerprint density at radius 1 is 1.08 bits per heavy atom. The lowest BCUT2D eigenvalue weighted by Gasteiger charge is -2.29. The van der Waals surface area contributed by atoms with E-state index in [1.54, 1.807) is 11.9 Å². The fourth-order valence-electron chi connectivity index (χ4n) is 3.16. The fraction of sp³-hybridized carbons (Fsp3) is 0.333. The molecule has 0 aromatic heterocycles. The monoisotopic (exact) mass is 351 g/mol. The van der Waals surface area contributed by atoms with Crippen molar-refractivity contribution in [1.29, 1.82) is 0 Å². The van der Waals surface area contributed by atoms with Crippen LogP contribution in [-0.2, 0) is 17.8 Å². The van der Waals surface area contributed by atoms with Crippen LogP contribution in [0.5, 0.6) is 0 Å². The SMILES string of the molecule is Cc1ccccc1NC(=O)N(C)CCC(=O)N1CCc2ccccc2C1. The van der Waals surface area contributed by atoms with Crippen molar-refractivity contribution in [2.75, 3.05) is 25.5 Å². The molecule has 2 aromatic carbocycles. The zero-order chi connectivity index (χ0) is 18.5. The quantitative estimate of drug-likeness (QED) is 0.917. The van der Waals surface area contributed by atoms with Crippen LogP contribution in [0.2, 0.25) is 0 Å². The summed E-state index contributed by atoms with van der Waals surface area (Å²) < 4.78 is 0. The molecule has 1 N–H and O–H groups in total. The van der Waals surface area contributed by atoms with Crippen LogP contribution in [0, 0.1) is 6.92 Å². The Balaban J connectivity index is 1.50. The summed E-state index contributed by atoms with van der Waals surface area (Å²) >= 11 is 0. The lowest BCUT2D eigenvalue weighted by Crippen LogP contribution is -2.39. The van der Waals surface area contributed by atoms with Gasteiger partial charge in [-0.05, 0) is 36.1 Å². The van der Waals surface area contributed by atoms with Crippen molar-refractivity contribution in [2.24, 2.45) is 0 Å². The molecule has 0 aliphatic carbocycles. The highest BCUT2D eigenvalue weighted by Gasteiger charge is 2.21. The number of carbonyl (C=O) groups excluding carboxylic acids is 2. The third-order valence-electron chi connectivity index (χ3n) is 4.88. The zero-order valence-electron chi connectivity index (χ0n) is 15.4. The summed E-state index contributed by atoms with van der Waals surface area (Å²) in [4.78, 5) is 28.3. The number of fused-ring (bicyclic) bond motifs is 1. The molecule has 0 bridgehead atoms. The summed E-state index contributed by atoms with van der Waals surface area (Å²) in [6.45, 7) is 3.76. The highest BCUT2D eigenvalue weighted by Crippen LogP contribution is 2.19. The first kappa shape index (κ1) is 18.0. The molecule has 0 unspecified atom stereocenters. The minimum Gasteiger partial charge on any atom is -0.338 e. The van der Waals surface area contributed by atoms with Crippen LogP contribution in [0.15, 0.2) is 48.5 Å². The molecule has 1 heterocycles. The molecule has 26 heavy (non-hydrogen) atoms. The van der Waals surface area contributed by atoms with Gasteiger partial charge < -0.3 is 15.1 Å². The number of aryl methyl sites for hydroxylation is 1.